The summed E-state index contributed by atoms with van der Waals surface area (Å²) in [5.74, 6) is 0.0211. The minimum Gasteiger partial charge on any atom is -0.475 e. The molecule has 156 valence electrons. The Hall–Kier alpha value is -0.820. The summed E-state index contributed by atoms with van der Waals surface area (Å²) in [7, 11) is 0. The van der Waals surface area contributed by atoms with Crippen LogP contribution in [0.15, 0.2) is 0 Å². The molecule has 1 atom stereocenters. The molecule has 0 saturated heterocycles. The van der Waals surface area contributed by atoms with Gasteiger partial charge >= 0.3 is 11.9 Å². The number of esters is 2. The van der Waals surface area contributed by atoms with Gasteiger partial charge in [-0.25, -0.2) is 0 Å². The van der Waals surface area contributed by atoms with E-state index in [4.69, 9.17) is 26.4 Å². The lowest BCUT2D eigenvalue weighted by molar-refractivity contribution is -0.166. The minimum absolute atomic E-state index is 0.0722. The van der Waals surface area contributed by atoms with Crippen LogP contribution in [0.1, 0.15) is 73.1 Å². The van der Waals surface area contributed by atoms with Gasteiger partial charge in [-0.15, -0.1) is 0 Å². The van der Waals surface area contributed by atoms with Crippen LogP contribution in [-0.4, -0.2) is 40.4 Å². The van der Waals surface area contributed by atoms with Crippen molar-refractivity contribution in [3.05, 3.63) is 0 Å². The highest BCUT2D eigenvalue weighted by molar-refractivity contribution is 8.23. The van der Waals surface area contributed by atoms with E-state index in [1.165, 1.54) is 11.8 Å². The van der Waals surface area contributed by atoms with Gasteiger partial charge in [0.25, 0.3) is 0 Å². The summed E-state index contributed by atoms with van der Waals surface area (Å²) in [6.45, 7) is 10.3. The van der Waals surface area contributed by atoms with Gasteiger partial charge in [0, 0.05) is 0 Å². The largest absolute Gasteiger partial charge is 0.475 e. The molecule has 0 aliphatic heterocycles. The number of thiocarbonyl (C=S) groups is 1. The van der Waals surface area contributed by atoms with Crippen LogP contribution in [0.4, 0.5) is 0 Å². The molecule has 0 bridgehead atoms. The van der Waals surface area contributed by atoms with Crippen molar-refractivity contribution in [3.8, 4) is 0 Å². The third kappa shape index (κ3) is 10.3. The Kier molecular flexibility index (Phi) is 10.7. The molecule has 1 aliphatic rings. The number of carbonyl (C=O) groups excluding carboxylic acids is 2. The molecule has 1 aliphatic carbocycles. The summed E-state index contributed by atoms with van der Waals surface area (Å²) in [5, 5.41) is 0. The molecule has 5 nitrogen and oxygen atoms in total. The second-order valence-electron chi connectivity index (χ2n) is 8.08. The average molecular weight is 419 g/mol. The monoisotopic (exact) mass is 418 g/mol. The van der Waals surface area contributed by atoms with E-state index in [1.807, 2.05) is 20.8 Å². The number of thioether (sulfide) groups is 1. The van der Waals surface area contributed by atoms with E-state index in [2.05, 4.69) is 13.8 Å². The van der Waals surface area contributed by atoms with Crippen molar-refractivity contribution in [2.75, 3.05) is 12.4 Å². The van der Waals surface area contributed by atoms with Crippen molar-refractivity contribution in [1.82, 2.24) is 0 Å². The van der Waals surface area contributed by atoms with E-state index in [1.54, 1.807) is 0 Å². The Morgan fingerprint density at radius 1 is 1.22 bits per heavy atom. The fraction of sp³-hybridized carbons (Fsp3) is 0.850. The molecule has 27 heavy (non-hydrogen) atoms. The highest BCUT2D eigenvalue weighted by atomic mass is 32.2. The van der Waals surface area contributed by atoms with E-state index in [-0.39, 0.29) is 29.7 Å². The second kappa shape index (κ2) is 11.9. The highest BCUT2D eigenvalue weighted by Crippen LogP contribution is 2.33. The third-order valence-electron chi connectivity index (χ3n) is 4.43. The van der Waals surface area contributed by atoms with E-state index in [0.29, 0.717) is 29.7 Å². The van der Waals surface area contributed by atoms with Gasteiger partial charge in [-0.2, -0.15) is 0 Å². The molecule has 0 heterocycles. The standard InChI is InChI=1S/C20H34O5S2/c1-6-8-9-14(7-2)12-23-17(21)13-27-19(26)24-16-10-15(11-16)18(22)25-20(3,4)5/h14-16H,6-13H2,1-5H3. The van der Waals surface area contributed by atoms with Crippen LogP contribution in [0.2, 0.25) is 0 Å². The smallest absolute Gasteiger partial charge is 0.316 e. The molecule has 1 unspecified atom stereocenters. The number of carbonyl (C=O) groups is 2. The molecule has 7 heteroatoms. The van der Waals surface area contributed by atoms with E-state index < -0.39 is 5.60 Å². The SMILES string of the molecule is CCCCC(CC)COC(=O)CSC(=S)OC1CC(C(=O)OC(C)(C)C)C1. The molecule has 0 N–H and O–H groups in total. The summed E-state index contributed by atoms with van der Waals surface area (Å²) >= 11 is 6.35. The van der Waals surface area contributed by atoms with Crippen molar-refractivity contribution in [2.45, 2.75) is 84.8 Å². The lowest BCUT2D eigenvalue weighted by atomic mass is 9.82. The Balaban J connectivity index is 2.16. The van der Waals surface area contributed by atoms with Crippen molar-refractivity contribution >= 4 is 40.3 Å². The van der Waals surface area contributed by atoms with Gasteiger partial charge < -0.3 is 14.2 Å². The molecular weight excluding hydrogens is 384 g/mol. The van der Waals surface area contributed by atoms with Gasteiger partial charge in [0.2, 0.25) is 4.38 Å². The van der Waals surface area contributed by atoms with Crippen molar-refractivity contribution in [3.63, 3.8) is 0 Å². The molecule has 0 aromatic heterocycles. The number of unbranched alkanes of at least 4 members (excludes halogenated alkanes) is 1. The third-order valence-corrected chi connectivity index (χ3v) is 5.59. The molecule has 0 spiro atoms. The first-order valence-electron chi connectivity index (χ1n) is 9.86. The fourth-order valence-corrected chi connectivity index (χ4v) is 3.51. The van der Waals surface area contributed by atoms with Crippen molar-refractivity contribution < 1.29 is 23.8 Å². The maximum absolute atomic E-state index is 11.9. The van der Waals surface area contributed by atoms with Crippen LogP contribution < -0.4 is 0 Å². The van der Waals surface area contributed by atoms with Crippen molar-refractivity contribution in [1.29, 1.82) is 0 Å². The number of hydrogen-bond acceptors (Lipinski definition) is 7. The number of hydrogen-bond donors (Lipinski definition) is 0. The predicted octanol–water partition coefficient (Wildman–Crippen LogP) is 4.90. The summed E-state index contributed by atoms with van der Waals surface area (Å²) < 4.78 is 16.7. The molecule has 1 saturated carbocycles. The van der Waals surface area contributed by atoms with E-state index in [0.717, 1.165) is 25.7 Å². The number of rotatable bonds is 10. The van der Waals surface area contributed by atoms with Gasteiger partial charge in [-0.3, -0.25) is 9.59 Å². The van der Waals surface area contributed by atoms with Crippen LogP contribution in [-0.2, 0) is 23.8 Å². The maximum Gasteiger partial charge on any atom is 0.316 e. The van der Waals surface area contributed by atoms with Gasteiger partial charge in [0.1, 0.15) is 11.7 Å². The molecule has 0 aromatic carbocycles. The van der Waals surface area contributed by atoms with Gasteiger partial charge in [-0.1, -0.05) is 44.9 Å². The van der Waals surface area contributed by atoms with Gasteiger partial charge in [0.05, 0.1) is 18.3 Å². The molecular formula is C20H34O5S2. The fourth-order valence-electron chi connectivity index (χ4n) is 2.68. The molecule has 0 radical (unpaired) electrons. The van der Waals surface area contributed by atoms with Crippen LogP contribution in [0, 0.1) is 11.8 Å². The van der Waals surface area contributed by atoms with Crippen molar-refractivity contribution in [2.24, 2.45) is 11.8 Å². The second-order valence-corrected chi connectivity index (χ2v) is 9.66. The topological polar surface area (TPSA) is 61.8 Å². The lowest BCUT2D eigenvalue weighted by Gasteiger charge is -2.35. The average Bonchev–Trinajstić information content (AvgIpc) is 2.54. The highest BCUT2D eigenvalue weighted by Gasteiger charge is 2.39. The van der Waals surface area contributed by atoms with E-state index >= 15 is 0 Å². The van der Waals surface area contributed by atoms with Gasteiger partial charge in [-0.05, 0) is 58.2 Å². The summed E-state index contributed by atoms with van der Waals surface area (Å²) in [4.78, 5) is 23.8. The molecule has 0 amide bonds. The zero-order chi connectivity index (χ0) is 20.4. The summed E-state index contributed by atoms with van der Waals surface area (Å²) in [6.07, 6.45) is 5.57. The first-order chi connectivity index (χ1) is 12.6. The first-order valence-corrected chi connectivity index (χ1v) is 11.3. The minimum atomic E-state index is -0.470. The molecule has 0 aromatic rings. The Bertz CT molecular complexity index is 495. The zero-order valence-electron chi connectivity index (χ0n) is 17.2. The summed E-state index contributed by atoms with van der Waals surface area (Å²) in [5.41, 5.74) is -0.470. The van der Waals surface area contributed by atoms with Crippen LogP contribution in [0.25, 0.3) is 0 Å². The Morgan fingerprint density at radius 3 is 2.44 bits per heavy atom. The summed E-state index contributed by atoms with van der Waals surface area (Å²) in [6, 6.07) is 0. The van der Waals surface area contributed by atoms with Gasteiger partial charge in [0.15, 0.2) is 0 Å². The normalized spacial score (nSPS) is 20.3. The van der Waals surface area contributed by atoms with E-state index in [9.17, 15) is 9.59 Å². The van der Waals surface area contributed by atoms with Crippen LogP contribution in [0.5, 0.6) is 0 Å². The quantitative estimate of drug-likeness (QED) is 0.369. The maximum atomic E-state index is 11.9. The Morgan fingerprint density at radius 2 is 1.89 bits per heavy atom. The molecule has 1 rings (SSSR count). The predicted molar refractivity (Wildman–Crippen MR) is 113 cm³/mol. The zero-order valence-corrected chi connectivity index (χ0v) is 18.9. The first kappa shape index (κ1) is 24.2. The van der Waals surface area contributed by atoms with Crippen LogP contribution in [0.3, 0.4) is 0 Å². The Labute approximate surface area is 173 Å². The van der Waals surface area contributed by atoms with Crippen LogP contribution >= 0.6 is 24.0 Å². The lowest BCUT2D eigenvalue weighted by Crippen LogP contribution is -2.40. The number of ether oxygens (including phenoxy) is 3. The molecule has 1 fully saturated rings.